The molecule has 0 fully saturated rings. The molecule has 29 heavy (non-hydrogen) atoms. The molecule has 0 aromatic heterocycles. The Morgan fingerprint density at radius 2 is 1.76 bits per heavy atom. The number of rotatable bonds is 8. The van der Waals surface area contributed by atoms with Crippen molar-refractivity contribution in [3.05, 3.63) is 63.9 Å². The molecule has 156 valence electrons. The summed E-state index contributed by atoms with van der Waals surface area (Å²) < 4.78 is 64.8. The number of alkyl halides is 2. The smallest absolute Gasteiger partial charge is 0.315 e. The molecule has 0 aliphatic rings. The molecule has 0 aliphatic heterocycles. The van der Waals surface area contributed by atoms with Gasteiger partial charge in [0, 0.05) is 15.6 Å². The van der Waals surface area contributed by atoms with Crippen molar-refractivity contribution < 1.29 is 31.2 Å². The second-order valence-electron chi connectivity index (χ2n) is 5.99. The Bertz CT molecular complexity index is 1010. The summed E-state index contributed by atoms with van der Waals surface area (Å²) in [4.78, 5) is 22.8. The number of hydrogen-bond acceptors (Lipinski definition) is 4. The fourth-order valence-corrected chi connectivity index (χ4v) is 3.50. The largest absolute Gasteiger partial charge is 0.344 e. The fourth-order valence-electron chi connectivity index (χ4n) is 2.36. The minimum Gasteiger partial charge on any atom is -0.344 e. The number of nitrogens with zero attached hydrogens (tertiary/aromatic N) is 1. The zero-order chi connectivity index (χ0) is 21.8. The van der Waals surface area contributed by atoms with Crippen molar-refractivity contribution in [2.75, 3.05) is 17.1 Å². The number of hydrogen-bond donors (Lipinski definition) is 1. The van der Waals surface area contributed by atoms with Crippen molar-refractivity contribution >= 4 is 43.3 Å². The second-order valence-corrected chi connectivity index (χ2v) is 8.82. The van der Waals surface area contributed by atoms with Crippen LogP contribution in [0.1, 0.15) is 15.9 Å². The molecule has 0 spiro atoms. The van der Waals surface area contributed by atoms with Gasteiger partial charge in [0.15, 0.2) is 5.78 Å². The minimum absolute atomic E-state index is 0.00603. The quantitative estimate of drug-likeness (QED) is 0.573. The van der Waals surface area contributed by atoms with Crippen LogP contribution in [0.3, 0.4) is 0 Å². The Morgan fingerprint density at radius 3 is 2.28 bits per heavy atom. The van der Waals surface area contributed by atoms with Crippen LogP contribution in [-0.4, -0.2) is 39.3 Å². The van der Waals surface area contributed by atoms with Gasteiger partial charge < -0.3 is 5.32 Å². The number of sulfonamides is 1. The average molecular weight is 493 g/mol. The van der Waals surface area contributed by atoms with E-state index in [2.05, 4.69) is 15.9 Å². The van der Waals surface area contributed by atoms with Crippen LogP contribution in [0.25, 0.3) is 0 Å². The van der Waals surface area contributed by atoms with Gasteiger partial charge in [-0.2, -0.15) is 8.78 Å². The molecular weight excluding hydrogens is 477 g/mol. The lowest BCUT2D eigenvalue weighted by Gasteiger charge is -2.23. The van der Waals surface area contributed by atoms with Gasteiger partial charge in [0.25, 0.3) is 5.91 Å². The summed E-state index contributed by atoms with van der Waals surface area (Å²) in [6, 6.07) is 9.71. The summed E-state index contributed by atoms with van der Waals surface area (Å²) in [7, 11) is -3.73. The van der Waals surface area contributed by atoms with Crippen LogP contribution >= 0.6 is 15.9 Å². The van der Waals surface area contributed by atoms with Crippen molar-refractivity contribution in [1.29, 1.82) is 0 Å². The molecule has 0 radical (unpaired) electrons. The standard InChI is InChI=1S/C18H16BrF3N2O4S/c1-29(27,28)24(14-6-4-13(19)5-7-14)10-12-3-2-11(8-15(12)20)16(25)9-23-18(26)17(21)22/h2-8,17H,9-10H2,1H3,(H,23,26). The number of nitrogens with one attached hydrogen (secondary N) is 1. The van der Waals surface area contributed by atoms with E-state index in [1.165, 1.54) is 12.1 Å². The highest BCUT2D eigenvalue weighted by Crippen LogP contribution is 2.24. The van der Waals surface area contributed by atoms with Crippen molar-refractivity contribution in [3.8, 4) is 0 Å². The van der Waals surface area contributed by atoms with Crippen LogP contribution in [-0.2, 0) is 21.4 Å². The normalized spacial score (nSPS) is 11.4. The maximum Gasteiger partial charge on any atom is 0.315 e. The Morgan fingerprint density at radius 1 is 1.14 bits per heavy atom. The van der Waals surface area contributed by atoms with Crippen LogP contribution in [0, 0.1) is 5.82 Å². The molecule has 6 nitrogen and oxygen atoms in total. The molecule has 0 atom stereocenters. The third kappa shape index (κ3) is 6.29. The first-order valence-corrected chi connectivity index (χ1v) is 10.7. The van der Waals surface area contributed by atoms with Crippen LogP contribution in [0.4, 0.5) is 18.9 Å². The zero-order valence-electron chi connectivity index (χ0n) is 15.0. The SMILES string of the molecule is CS(=O)(=O)N(Cc1ccc(C(=O)CNC(=O)C(F)F)cc1F)c1ccc(Br)cc1. The third-order valence-electron chi connectivity index (χ3n) is 3.83. The summed E-state index contributed by atoms with van der Waals surface area (Å²) in [6.07, 6.45) is -2.28. The second kappa shape index (κ2) is 9.40. The highest BCUT2D eigenvalue weighted by atomic mass is 79.9. The number of carbonyl (C=O) groups is 2. The van der Waals surface area contributed by atoms with E-state index >= 15 is 0 Å². The number of halogens is 4. The van der Waals surface area contributed by atoms with Crippen molar-refractivity contribution in [2.24, 2.45) is 0 Å². The highest BCUT2D eigenvalue weighted by molar-refractivity contribution is 9.10. The van der Waals surface area contributed by atoms with E-state index in [1.54, 1.807) is 29.6 Å². The topological polar surface area (TPSA) is 83.6 Å². The van der Waals surface area contributed by atoms with Gasteiger partial charge in [-0.3, -0.25) is 13.9 Å². The number of benzene rings is 2. The van der Waals surface area contributed by atoms with Crippen LogP contribution in [0.15, 0.2) is 46.9 Å². The van der Waals surface area contributed by atoms with E-state index < -0.39 is 40.5 Å². The van der Waals surface area contributed by atoms with Gasteiger partial charge in [0.2, 0.25) is 10.0 Å². The monoisotopic (exact) mass is 492 g/mol. The molecule has 0 heterocycles. The summed E-state index contributed by atoms with van der Waals surface area (Å²) >= 11 is 3.25. The van der Waals surface area contributed by atoms with Gasteiger partial charge in [-0.15, -0.1) is 0 Å². The summed E-state index contributed by atoms with van der Waals surface area (Å²) in [6.45, 7) is -1.03. The molecule has 11 heteroatoms. The van der Waals surface area contributed by atoms with Crippen LogP contribution in [0.2, 0.25) is 0 Å². The molecule has 2 rings (SSSR count). The summed E-state index contributed by atoms with van der Waals surface area (Å²) in [5, 5.41) is 1.74. The predicted octanol–water partition coefficient (Wildman–Crippen LogP) is 3.12. The molecule has 1 amide bonds. The Hall–Kier alpha value is -2.40. The van der Waals surface area contributed by atoms with Gasteiger partial charge in [-0.25, -0.2) is 12.8 Å². The average Bonchev–Trinajstić information content (AvgIpc) is 2.64. The van der Waals surface area contributed by atoms with E-state index in [1.807, 2.05) is 0 Å². The van der Waals surface area contributed by atoms with E-state index in [0.717, 1.165) is 21.1 Å². The first-order chi connectivity index (χ1) is 13.5. The number of Topliss-reactive ketones (excluding diaryl/α,β-unsaturated/α-hetero) is 1. The Labute approximate surface area is 173 Å². The summed E-state index contributed by atoms with van der Waals surface area (Å²) in [5.74, 6) is -3.21. The zero-order valence-corrected chi connectivity index (χ0v) is 17.4. The van der Waals surface area contributed by atoms with E-state index in [4.69, 9.17) is 0 Å². The fraction of sp³-hybridized carbons (Fsp3) is 0.222. The minimum atomic E-state index is -3.73. The van der Waals surface area contributed by atoms with Gasteiger partial charge in [0.05, 0.1) is 25.0 Å². The molecule has 0 aliphatic carbocycles. The third-order valence-corrected chi connectivity index (χ3v) is 5.49. The molecule has 2 aromatic rings. The maximum absolute atomic E-state index is 14.5. The number of ketones is 1. The molecule has 0 unspecified atom stereocenters. The number of carbonyl (C=O) groups excluding carboxylic acids is 2. The van der Waals surface area contributed by atoms with Gasteiger partial charge in [-0.05, 0) is 30.3 Å². The highest BCUT2D eigenvalue weighted by Gasteiger charge is 2.21. The van der Waals surface area contributed by atoms with Crippen LogP contribution in [0.5, 0.6) is 0 Å². The lowest BCUT2D eigenvalue weighted by molar-refractivity contribution is -0.131. The Kier molecular flexibility index (Phi) is 7.42. The lowest BCUT2D eigenvalue weighted by Crippen LogP contribution is -2.34. The molecular formula is C18H16BrF3N2O4S. The molecule has 0 saturated heterocycles. The molecule has 0 saturated carbocycles. The first kappa shape index (κ1) is 22.9. The van der Waals surface area contributed by atoms with E-state index in [-0.39, 0.29) is 17.7 Å². The molecule has 2 aromatic carbocycles. The van der Waals surface area contributed by atoms with Crippen molar-refractivity contribution in [2.45, 2.75) is 13.0 Å². The number of amides is 1. The lowest BCUT2D eigenvalue weighted by atomic mass is 10.1. The molecule has 1 N–H and O–H groups in total. The Balaban J connectivity index is 2.21. The van der Waals surface area contributed by atoms with Crippen molar-refractivity contribution in [3.63, 3.8) is 0 Å². The summed E-state index contributed by atoms with van der Waals surface area (Å²) in [5.41, 5.74) is 0.187. The van der Waals surface area contributed by atoms with Crippen LogP contribution < -0.4 is 9.62 Å². The first-order valence-electron chi connectivity index (χ1n) is 8.10. The van der Waals surface area contributed by atoms with Gasteiger partial charge in [0.1, 0.15) is 5.82 Å². The predicted molar refractivity (Wildman–Crippen MR) is 105 cm³/mol. The number of anilines is 1. The van der Waals surface area contributed by atoms with E-state index in [9.17, 15) is 31.2 Å². The van der Waals surface area contributed by atoms with Gasteiger partial charge >= 0.3 is 6.43 Å². The maximum atomic E-state index is 14.5. The van der Waals surface area contributed by atoms with Crippen molar-refractivity contribution in [1.82, 2.24) is 5.32 Å². The van der Waals surface area contributed by atoms with Gasteiger partial charge in [-0.1, -0.05) is 28.1 Å². The molecule has 0 bridgehead atoms. The van der Waals surface area contributed by atoms with E-state index in [0.29, 0.717) is 5.69 Å².